The van der Waals surface area contributed by atoms with Gasteiger partial charge in [-0.3, -0.25) is 10.1 Å². The quantitative estimate of drug-likeness (QED) is 0.506. The van der Waals surface area contributed by atoms with E-state index < -0.39 is 5.97 Å². The summed E-state index contributed by atoms with van der Waals surface area (Å²) in [6.07, 6.45) is 3.65. The fourth-order valence-electron chi connectivity index (χ4n) is 2.37. The van der Waals surface area contributed by atoms with Gasteiger partial charge in [0, 0.05) is 27.6 Å². The van der Waals surface area contributed by atoms with Crippen LogP contribution in [0.5, 0.6) is 0 Å². The normalized spacial score (nSPS) is 10.6. The zero-order valence-corrected chi connectivity index (χ0v) is 16.1. The minimum atomic E-state index is -0.441. The molecular weight excluding hydrogens is 370 g/mol. The van der Waals surface area contributed by atoms with Crippen molar-refractivity contribution in [3.8, 4) is 11.3 Å². The molecule has 0 unspecified atom stereocenters. The number of aryl methyl sites for hydroxylation is 1. The van der Waals surface area contributed by atoms with E-state index in [1.165, 1.54) is 18.4 Å². The summed E-state index contributed by atoms with van der Waals surface area (Å²) < 4.78 is 4.68. The van der Waals surface area contributed by atoms with Crippen molar-refractivity contribution in [2.75, 3.05) is 18.7 Å². The molecule has 8 heteroatoms. The number of H-pyrrole nitrogens is 1. The van der Waals surface area contributed by atoms with Crippen molar-refractivity contribution >= 4 is 40.1 Å². The van der Waals surface area contributed by atoms with Gasteiger partial charge in [0.2, 0.25) is 0 Å². The van der Waals surface area contributed by atoms with Crippen LogP contribution < -0.4 is 5.32 Å². The highest BCUT2D eigenvalue weighted by atomic mass is 32.2. The van der Waals surface area contributed by atoms with Crippen LogP contribution >= 0.6 is 23.1 Å². The minimum Gasteiger partial charge on any atom is -0.464 e. The van der Waals surface area contributed by atoms with Crippen LogP contribution in [0.3, 0.4) is 0 Å². The van der Waals surface area contributed by atoms with Crippen molar-refractivity contribution in [3.05, 3.63) is 52.7 Å². The van der Waals surface area contributed by atoms with Crippen molar-refractivity contribution in [2.45, 2.75) is 11.8 Å². The van der Waals surface area contributed by atoms with Gasteiger partial charge in [-0.25, -0.2) is 9.78 Å². The summed E-state index contributed by atoms with van der Waals surface area (Å²) in [6, 6.07) is 7.46. The topological polar surface area (TPSA) is 84.1 Å². The number of rotatable bonds is 5. The molecule has 26 heavy (non-hydrogen) atoms. The number of hydrogen-bond donors (Lipinski definition) is 2. The summed E-state index contributed by atoms with van der Waals surface area (Å²) in [5.41, 5.74) is 3.31. The molecule has 0 atom stereocenters. The van der Waals surface area contributed by atoms with Crippen molar-refractivity contribution in [3.63, 3.8) is 0 Å². The maximum Gasteiger partial charge on any atom is 0.354 e. The molecule has 0 saturated heterocycles. The third-order valence-corrected chi connectivity index (χ3v) is 5.28. The lowest BCUT2D eigenvalue weighted by Crippen LogP contribution is -2.13. The Balaban J connectivity index is 1.77. The summed E-state index contributed by atoms with van der Waals surface area (Å²) in [7, 11) is 1.33. The van der Waals surface area contributed by atoms with E-state index >= 15 is 0 Å². The summed E-state index contributed by atoms with van der Waals surface area (Å²) in [4.78, 5) is 32.4. The van der Waals surface area contributed by atoms with Crippen LogP contribution in [0.2, 0.25) is 0 Å². The van der Waals surface area contributed by atoms with Gasteiger partial charge in [-0.2, -0.15) is 0 Å². The Morgan fingerprint density at radius 2 is 2.12 bits per heavy atom. The average molecular weight is 387 g/mol. The number of carbonyl (C=O) groups excluding carboxylic acids is 2. The highest BCUT2D eigenvalue weighted by Gasteiger charge is 2.15. The monoisotopic (exact) mass is 387 g/mol. The number of ether oxygens (including phenoxy) is 1. The van der Waals surface area contributed by atoms with Crippen LogP contribution in [-0.2, 0) is 4.74 Å². The first-order valence-corrected chi connectivity index (χ1v) is 9.81. The number of aromatic nitrogens is 2. The number of thioether (sulfide) groups is 1. The number of carbonyl (C=O) groups is 2. The molecule has 134 valence electrons. The largest absolute Gasteiger partial charge is 0.464 e. The lowest BCUT2D eigenvalue weighted by atomic mass is 10.1. The van der Waals surface area contributed by atoms with Crippen molar-refractivity contribution < 1.29 is 14.3 Å². The molecule has 0 aliphatic rings. The van der Waals surface area contributed by atoms with Gasteiger partial charge in [0.15, 0.2) is 5.13 Å². The predicted octanol–water partition coefficient (Wildman–Crippen LogP) is 4.21. The molecule has 0 bridgehead atoms. The van der Waals surface area contributed by atoms with Crippen LogP contribution in [0.1, 0.15) is 26.4 Å². The molecule has 0 spiro atoms. The minimum absolute atomic E-state index is 0.191. The predicted molar refractivity (Wildman–Crippen MR) is 104 cm³/mol. The van der Waals surface area contributed by atoms with Crippen LogP contribution in [0.4, 0.5) is 5.13 Å². The van der Waals surface area contributed by atoms with Gasteiger partial charge >= 0.3 is 5.97 Å². The van der Waals surface area contributed by atoms with E-state index in [4.69, 9.17) is 0 Å². The van der Waals surface area contributed by atoms with Crippen molar-refractivity contribution in [2.24, 2.45) is 0 Å². The molecule has 0 saturated carbocycles. The first-order valence-electron chi connectivity index (χ1n) is 7.70. The molecule has 2 N–H and O–H groups in total. The SMILES string of the molecule is COC(=O)c1cc(-c2csc(NC(=O)c3cc(SC)ccc3C)n2)c[nH]1. The van der Waals surface area contributed by atoms with E-state index in [9.17, 15) is 9.59 Å². The third-order valence-electron chi connectivity index (χ3n) is 3.80. The van der Waals surface area contributed by atoms with Crippen LogP contribution in [-0.4, -0.2) is 35.2 Å². The number of aromatic amines is 1. The highest BCUT2D eigenvalue weighted by Crippen LogP contribution is 2.27. The van der Waals surface area contributed by atoms with Gasteiger partial charge in [-0.05, 0) is 36.9 Å². The Hall–Kier alpha value is -2.58. The van der Waals surface area contributed by atoms with Gasteiger partial charge < -0.3 is 9.72 Å². The zero-order chi connectivity index (χ0) is 18.7. The Labute approximate surface area is 159 Å². The Morgan fingerprint density at radius 1 is 1.31 bits per heavy atom. The van der Waals surface area contributed by atoms with E-state index in [0.29, 0.717) is 22.1 Å². The Kier molecular flexibility index (Phi) is 5.43. The Bertz CT molecular complexity index is 962. The van der Waals surface area contributed by atoms with Crippen LogP contribution in [0.25, 0.3) is 11.3 Å². The smallest absolute Gasteiger partial charge is 0.354 e. The summed E-state index contributed by atoms with van der Waals surface area (Å²) in [5.74, 6) is -0.632. The second-order valence-electron chi connectivity index (χ2n) is 5.47. The van der Waals surface area contributed by atoms with Gasteiger partial charge in [0.05, 0.1) is 12.8 Å². The number of thiazole rings is 1. The van der Waals surface area contributed by atoms with E-state index in [-0.39, 0.29) is 5.91 Å². The first kappa shape index (κ1) is 18.2. The number of benzene rings is 1. The number of anilines is 1. The van der Waals surface area contributed by atoms with Crippen LogP contribution in [0, 0.1) is 6.92 Å². The highest BCUT2D eigenvalue weighted by molar-refractivity contribution is 7.98. The molecule has 6 nitrogen and oxygen atoms in total. The third kappa shape index (κ3) is 3.81. The number of methoxy groups -OCH3 is 1. The van der Waals surface area contributed by atoms with Gasteiger partial charge in [0.25, 0.3) is 5.91 Å². The summed E-state index contributed by atoms with van der Waals surface area (Å²) in [6.45, 7) is 1.90. The Morgan fingerprint density at radius 3 is 2.85 bits per heavy atom. The van der Waals surface area contributed by atoms with E-state index in [0.717, 1.165) is 16.0 Å². The summed E-state index contributed by atoms with van der Waals surface area (Å²) >= 11 is 2.92. The van der Waals surface area contributed by atoms with Gasteiger partial charge in [-0.15, -0.1) is 23.1 Å². The molecule has 2 heterocycles. The molecule has 1 amide bonds. The lowest BCUT2D eigenvalue weighted by Gasteiger charge is -2.07. The molecule has 0 aliphatic heterocycles. The van der Waals surface area contributed by atoms with Crippen LogP contribution in [0.15, 0.2) is 40.7 Å². The first-order chi connectivity index (χ1) is 12.5. The van der Waals surface area contributed by atoms with Gasteiger partial charge in [-0.1, -0.05) is 6.07 Å². The van der Waals surface area contributed by atoms with Crippen molar-refractivity contribution in [1.82, 2.24) is 9.97 Å². The van der Waals surface area contributed by atoms with Gasteiger partial charge in [0.1, 0.15) is 5.69 Å². The molecule has 3 aromatic rings. The zero-order valence-electron chi connectivity index (χ0n) is 14.5. The maximum atomic E-state index is 12.6. The maximum absolute atomic E-state index is 12.6. The van der Waals surface area contributed by atoms with E-state index in [1.54, 1.807) is 24.0 Å². The molecule has 0 radical (unpaired) electrons. The number of esters is 1. The molecule has 3 rings (SSSR count). The molecule has 0 fully saturated rings. The molecule has 1 aromatic carbocycles. The number of amides is 1. The second-order valence-corrected chi connectivity index (χ2v) is 7.20. The standard InChI is InChI=1S/C18H17N3O3S2/c1-10-4-5-12(25-3)7-13(10)16(22)21-18-20-15(9-26-18)11-6-14(19-8-11)17(23)24-2/h4-9,19H,1-3H3,(H,20,21,22). The fraction of sp³-hybridized carbons (Fsp3) is 0.167. The second kappa shape index (κ2) is 7.76. The number of hydrogen-bond acceptors (Lipinski definition) is 6. The van der Waals surface area contributed by atoms with E-state index in [1.807, 2.05) is 36.8 Å². The average Bonchev–Trinajstić information content (AvgIpc) is 3.30. The summed E-state index contributed by atoms with van der Waals surface area (Å²) in [5, 5.41) is 5.16. The van der Waals surface area contributed by atoms with Crippen molar-refractivity contribution in [1.29, 1.82) is 0 Å². The molecule has 0 aliphatic carbocycles. The lowest BCUT2D eigenvalue weighted by molar-refractivity contribution is 0.0594. The fourth-order valence-corrected chi connectivity index (χ4v) is 3.53. The number of nitrogens with zero attached hydrogens (tertiary/aromatic N) is 1. The van der Waals surface area contributed by atoms with E-state index in [2.05, 4.69) is 20.0 Å². The molecular formula is C18H17N3O3S2. The number of nitrogens with one attached hydrogen (secondary N) is 2. The molecule has 2 aromatic heterocycles.